The molecule has 0 bridgehead atoms. The number of aryl methyl sites for hydroxylation is 1. The zero-order valence-electron chi connectivity index (χ0n) is 8.66. The maximum absolute atomic E-state index is 11.8. The Kier molecular flexibility index (Phi) is 1.92. The molecule has 0 aliphatic carbocycles. The fourth-order valence-corrected chi connectivity index (χ4v) is 1.77. The number of para-hydroxylation sites is 1. The molecule has 2 heteroatoms. The first kappa shape index (κ1) is 9.00. The van der Waals surface area contributed by atoms with Gasteiger partial charge in [-0.25, -0.2) is 0 Å². The molecule has 0 aliphatic heterocycles. The first-order chi connectivity index (χ1) is 6.63. The number of benzene rings is 1. The van der Waals surface area contributed by atoms with Gasteiger partial charge in [-0.15, -0.1) is 0 Å². The van der Waals surface area contributed by atoms with E-state index in [-0.39, 0.29) is 0 Å². The van der Waals surface area contributed by atoms with Crippen molar-refractivity contribution in [3.63, 3.8) is 0 Å². The standard InChI is InChI=1S/C12H13NO/c1-8-9(2)11-6-4-5-7-12(11)13(14)10(8)3/h4-7H,1-3H3. The SMILES string of the molecule is Cc1c(C)c2ccccc2[n+]([O-])c1C. The predicted octanol–water partition coefficient (Wildman–Crippen LogP) is 2.40. The van der Waals surface area contributed by atoms with Crippen LogP contribution in [0.3, 0.4) is 0 Å². The third kappa shape index (κ3) is 1.07. The summed E-state index contributed by atoms with van der Waals surface area (Å²) in [4.78, 5) is 0. The minimum absolute atomic E-state index is 0.758. The normalized spacial score (nSPS) is 10.8. The smallest absolute Gasteiger partial charge is 0.224 e. The zero-order chi connectivity index (χ0) is 10.3. The highest BCUT2D eigenvalue weighted by Gasteiger charge is 2.13. The van der Waals surface area contributed by atoms with Crippen LogP contribution in [-0.2, 0) is 0 Å². The van der Waals surface area contributed by atoms with Crippen LogP contribution in [0.25, 0.3) is 10.9 Å². The molecule has 0 unspecified atom stereocenters. The Morgan fingerprint density at radius 3 is 2.36 bits per heavy atom. The second-order valence-corrected chi connectivity index (χ2v) is 3.65. The summed E-state index contributed by atoms with van der Waals surface area (Å²) < 4.78 is 1.01. The average Bonchev–Trinajstić information content (AvgIpc) is 2.23. The summed E-state index contributed by atoms with van der Waals surface area (Å²) in [6.07, 6.45) is 0. The van der Waals surface area contributed by atoms with Crippen molar-refractivity contribution < 1.29 is 4.73 Å². The molecule has 0 radical (unpaired) electrons. The van der Waals surface area contributed by atoms with Crippen LogP contribution in [0, 0.1) is 26.0 Å². The van der Waals surface area contributed by atoms with Crippen LogP contribution >= 0.6 is 0 Å². The van der Waals surface area contributed by atoms with E-state index in [1.54, 1.807) is 0 Å². The van der Waals surface area contributed by atoms with E-state index in [4.69, 9.17) is 0 Å². The molecule has 14 heavy (non-hydrogen) atoms. The molecular weight excluding hydrogens is 174 g/mol. The van der Waals surface area contributed by atoms with Gasteiger partial charge in [0.15, 0.2) is 5.69 Å². The molecule has 72 valence electrons. The van der Waals surface area contributed by atoms with Crippen molar-refractivity contribution >= 4 is 10.9 Å². The molecule has 2 aromatic rings. The number of pyridine rings is 1. The lowest BCUT2D eigenvalue weighted by Crippen LogP contribution is -2.32. The number of rotatable bonds is 0. The quantitative estimate of drug-likeness (QED) is 0.459. The molecule has 0 saturated heterocycles. The van der Waals surface area contributed by atoms with E-state index in [1.807, 2.05) is 38.1 Å². The Morgan fingerprint density at radius 1 is 1.00 bits per heavy atom. The molecule has 0 amide bonds. The average molecular weight is 187 g/mol. The largest absolute Gasteiger partial charge is 0.618 e. The van der Waals surface area contributed by atoms with Crippen LogP contribution in [0.4, 0.5) is 0 Å². The lowest BCUT2D eigenvalue weighted by molar-refractivity contribution is -0.584. The molecule has 0 N–H and O–H groups in total. The van der Waals surface area contributed by atoms with Gasteiger partial charge < -0.3 is 5.21 Å². The van der Waals surface area contributed by atoms with E-state index in [0.717, 1.165) is 26.9 Å². The molecule has 1 heterocycles. The van der Waals surface area contributed by atoms with Crippen LogP contribution in [0.2, 0.25) is 0 Å². The van der Waals surface area contributed by atoms with Gasteiger partial charge in [0.05, 0.1) is 5.39 Å². The van der Waals surface area contributed by atoms with E-state index in [0.29, 0.717) is 0 Å². The first-order valence-electron chi connectivity index (χ1n) is 4.71. The summed E-state index contributed by atoms with van der Waals surface area (Å²) >= 11 is 0. The van der Waals surface area contributed by atoms with Gasteiger partial charge in [0.1, 0.15) is 0 Å². The van der Waals surface area contributed by atoms with Gasteiger partial charge in [0.2, 0.25) is 5.52 Å². The lowest BCUT2D eigenvalue weighted by atomic mass is 10.0. The topological polar surface area (TPSA) is 26.9 Å². The van der Waals surface area contributed by atoms with Gasteiger partial charge in [0, 0.05) is 18.6 Å². The van der Waals surface area contributed by atoms with Crippen LogP contribution in [-0.4, -0.2) is 0 Å². The van der Waals surface area contributed by atoms with E-state index in [9.17, 15) is 5.21 Å². The van der Waals surface area contributed by atoms with Gasteiger partial charge >= 0.3 is 0 Å². The van der Waals surface area contributed by atoms with Crippen molar-refractivity contribution in [2.75, 3.05) is 0 Å². The predicted molar refractivity (Wildman–Crippen MR) is 57.1 cm³/mol. The van der Waals surface area contributed by atoms with Crippen molar-refractivity contribution in [1.29, 1.82) is 0 Å². The molecule has 1 aromatic heterocycles. The van der Waals surface area contributed by atoms with Crippen LogP contribution < -0.4 is 4.73 Å². The monoisotopic (exact) mass is 187 g/mol. The van der Waals surface area contributed by atoms with Crippen LogP contribution in [0.15, 0.2) is 24.3 Å². The zero-order valence-corrected chi connectivity index (χ0v) is 8.66. The van der Waals surface area contributed by atoms with Gasteiger partial charge in [-0.05, 0) is 25.5 Å². The fraction of sp³-hybridized carbons (Fsp3) is 0.250. The van der Waals surface area contributed by atoms with Crippen molar-refractivity contribution in [3.05, 3.63) is 46.3 Å². The number of hydrogen-bond donors (Lipinski definition) is 0. The summed E-state index contributed by atoms with van der Waals surface area (Å²) in [6.45, 7) is 5.91. The Morgan fingerprint density at radius 2 is 1.64 bits per heavy atom. The molecular formula is C12H13NO. The highest BCUT2D eigenvalue weighted by atomic mass is 16.5. The lowest BCUT2D eigenvalue weighted by Gasteiger charge is -2.10. The molecule has 2 rings (SSSR count). The summed E-state index contributed by atoms with van der Waals surface area (Å²) in [5.74, 6) is 0. The summed E-state index contributed by atoms with van der Waals surface area (Å²) in [5.41, 5.74) is 3.83. The molecule has 0 saturated carbocycles. The minimum Gasteiger partial charge on any atom is -0.618 e. The Labute approximate surface area is 83.4 Å². The van der Waals surface area contributed by atoms with Crippen molar-refractivity contribution in [1.82, 2.24) is 0 Å². The van der Waals surface area contributed by atoms with E-state index in [2.05, 4.69) is 6.92 Å². The Hall–Kier alpha value is -1.57. The van der Waals surface area contributed by atoms with E-state index in [1.165, 1.54) is 5.56 Å². The molecule has 2 nitrogen and oxygen atoms in total. The maximum atomic E-state index is 11.8. The molecule has 0 atom stereocenters. The van der Waals surface area contributed by atoms with Crippen LogP contribution in [0.5, 0.6) is 0 Å². The van der Waals surface area contributed by atoms with Crippen molar-refractivity contribution in [2.24, 2.45) is 0 Å². The van der Waals surface area contributed by atoms with Gasteiger partial charge in [-0.1, -0.05) is 12.1 Å². The van der Waals surface area contributed by atoms with Crippen LogP contribution in [0.1, 0.15) is 16.8 Å². The second kappa shape index (κ2) is 2.98. The highest BCUT2D eigenvalue weighted by molar-refractivity contribution is 5.80. The third-order valence-electron chi connectivity index (χ3n) is 2.94. The fourth-order valence-electron chi connectivity index (χ4n) is 1.77. The Bertz CT molecular complexity index is 457. The van der Waals surface area contributed by atoms with E-state index >= 15 is 0 Å². The number of aromatic nitrogens is 1. The van der Waals surface area contributed by atoms with Gasteiger partial charge in [0.25, 0.3) is 0 Å². The third-order valence-corrected chi connectivity index (χ3v) is 2.94. The molecule has 0 aliphatic rings. The van der Waals surface area contributed by atoms with E-state index < -0.39 is 0 Å². The second-order valence-electron chi connectivity index (χ2n) is 3.65. The summed E-state index contributed by atoms with van der Waals surface area (Å²) in [5, 5.41) is 12.9. The van der Waals surface area contributed by atoms with Gasteiger partial charge in [-0.3, -0.25) is 0 Å². The van der Waals surface area contributed by atoms with Gasteiger partial charge in [-0.2, -0.15) is 4.73 Å². The minimum atomic E-state index is 0.758. The summed E-state index contributed by atoms with van der Waals surface area (Å²) in [6, 6.07) is 7.71. The molecule has 1 aromatic carbocycles. The number of hydrogen-bond acceptors (Lipinski definition) is 1. The number of nitrogens with zero attached hydrogens (tertiary/aromatic N) is 1. The van der Waals surface area contributed by atoms with Crippen molar-refractivity contribution in [2.45, 2.75) is 20.8 Å². The maximum Gasteiger partial charge on any atom is 0.224 e. The Balaban J connectivity index is 3.02. The number of fused-ring (bicyclic) bond motifs is 1. The molecule has 0 spiro atoms. The summed E-state index contributed by atoms with van der Waals surface area (Å²) in [7, 11) is 0. The molecule has 0 fully saturated rings. The van der Waals surface area contributed by atoms with Crippen molar-refractivity contribution in [3.8, 4) is 0 Å². The highest BCUT2D eigenvalue weighted by Crippen LogP contribution is 2.19. The first-order valence-corrected chi connectivity index (χ1v) is 4.71.